The second-order valence-corrected chi connectivity index (χ2v) is 5.65. The molecular weight excluding hydrogens is 306 g/mol. The highest BCUT2D eigenvalue weighted by molar-refractivity contribution is 5.83. The molecule has 0 aliphatic rings. The normalized spacial score (nSPS) is 12.2. The Bertz CT molecular complexity index is 897. The summed E-state index contributed by atoms with van der Waals surface area (Å²) in [6, 6.07) is 14.6. The van der Waals surface area contributed by atoms with Crippen LogP contribution in [0, 0.1) is 0 Å². The highest BCUT2D eigenvalue weighted by atomic mass is 16.3. The molecule has 1 atom stereocenters. The predicted molar refractivity (Wildman–Crippen MR) is 91.7 cm³/mol. The van der Waals surface area contributed by atoms with E-state index in [-0.39, 0.29) is 31.1 Å². The number of hydrogen-bond donors (Lipinski definition) is 2. The van der Waals surface area contributed by atoms with Crippen LogP contribution in [0.4, 0.5) is 0 Å². The number of hydrogen-bond acceptors (Lipinski definition) is 3. The van der Waals surface area contributed by atoms with Crippen LogP contribution in [0.3, 0.4) is 0 Å². The van der Waals surface area contributed by atoms with Gasteiger partial charge < -0.3 is 19.6 Å². The van der Waals surface area contributed by atoms with E-state index in [2.05, 4.69) is 5.32 Å². The monoisotopic (exact) mass is 325 g/mol. The van der Waals surface area contributed by atoms with Crippen molar-refractivity contribution in [1.29, 1.82) is 0 Å². The van der Waals surface area contributed by atoms with Crippen LogP contribution in [0.1, 0.15) is 0 Å². The van der Waals surface area contributed by atoms with Crippen molar-refractivity contribution >= 4 is 16.8 Å². The van der Waals surface area contributed by atoms with Crippen LogP contribution in [-0.4, -0.2) is 32.8 Å². The molecule has 1 amide bonds. The van der Waals surface area contributed by atoms with Crippen molar-refractivity contribution in [3.05, 3.63) is 71.3 Å². The van der Waals surface area contributed by atoms with E-state index in [9.17, 15) is 14.7 Å². The molecule has 0 aliphatic carbocycles. The summed E-state index contributed by atoms with van der Waals surface area (Å²) >= 11 is 0. The topological polar surface area (TPSA) is 76.3 Å². The number of nitrogens with one attached hydrogen (secondary N) is 1. The van der Waals surface area contributed by atoms with E-state index in [4.69, 9.17) is 0 Å². The summed E-state index contributed by atoms with van der Waals surface area (Å²) in [6.45, 7) is 0.428. The minimum absolute atomic E-state index is 0.0966. The SMILES string of the molecule is O=C(Cn1ccc2ccccc21)NCC(O)Cn1ccccc1=O. The molecule has 2 N–H and O–H groups in total. The summed E-state index contributed by atoms with van der Waals surface area (Å²) in [6.07, 6.45) is 2.65. The van der Waals surface area contributed by atoms with E-state index in [0.29, 0.717) is 0 Å². The molecule has 3 rings (SSSR count). The number of aliphatic hydroxyl groups is 1. The zero-order valence-corrected chi connectivity index (χ0v) is 13.1. The molecule has 0 saturated heterocycles. The molecule has 1 aromatic carbocycles. The number of benzene rings is 1. The van der Waals surface area contributed by atoms with Gasteiger partial charge in [0.2, 0.25) is 5.91 Å². The first-order valence-electron chi connectivity index (χ1n) is 7.77. The third-order valence-corrected chi connectivity index (χ3v) is 3.84. The Hall–Kier alpha value is -2.86. The molecule has 0 radical (unpaired) electrons. The van der Waals surface area contributed by atoms with Gasteiger partial charge in [0.1, 0.15) is 6.54 Å². The van der Waals surface area contributed by atoms with Crippen LogP contribution in [0.5, 0.6) is 0 Å². The molecule has 6 heteroatoms. The number of aromatic nitrogens is 2. The van der Waals surface area contributed by atoms with Crippen molar-refractivity contribution in [3.8, 4) is 0 Å². The van der Waals surface area contributed by atoms with Gasteiger partial charge in [-0.15, -0.1) is 0 Å². The minimum Gasteiger partial charge on any atom is -0.389 e. The smallest absolute Gasteiger partial charge is 0.250 e. The van der Waals surface area contributed by atoms with Gasteiger partial charge in [0.05, 0.1) is 12.6 Å². The molecule has 124 valence electrons. The Morgan fingerprint density at radius 3 is 2.67 bits per heavy atom. The summed E-state index contributed by atoms with van der Waals surface area (Å²) < 4.78 is 3.27. The Balaban J connectivity index is 1.54. The van der Waals surface area contributed by atoms with Gasteiger partial charge in [0, 0.05) is 30.5 Å². The first-order valence-corrected chi connectivity index (χ1v) is 7.77. The number of aliphatic hydroxyl groups excluding tert-OH is 1. The number of nitrogens with zero attached hydrogens (tertiary/aromatic N) is 2. The van der Waals surface area contributed by atoms with Crippen LogP contribution in [0.25, 0.3) is 10.9 Å². The van der Waals surface area contributed by atoms with Crippen molar-refractivity contribution in [2.75, 3.05) is 6.54 Å². The quantitative estimate of drug-likeness (QED) is 0.709. The summed E-state index contributed by atoms with van der Waals surface area (Å²) in [5, 5.41) is 13.8. The largest absolute Gasteiger partial charge is 0.389 e. The van der Waals surface area contributed by atoms with Crippen molar-refractivity contribution in [2.45, 2.75) is 19.2 Å². The molecule has 3 aromatic rings. The molecule has 1 unspecified atom stereocenters. The van der Waals surface area contributed by atoms with E-state index in [1.54, 1.807) is 18.3 Å². The summed E-state index contributed by atoms with van der Waals surface area (Å²) in [5.74, 6) is -0.184. The van der Waals surface area contributed by atoms with Crippen LogP contribution in [0.2, 0.25) is 0 Å². The lowest BCUT2D eigenvalue weighted by Gasteiger charge is -2.14. The second-order valence-electron chi connectivity index (χ2n) is 5.65. The fourth-order valence-corrected chi connectivity index (χ4v) is 2.62. The first-order chi connectivity index (χ1) is 11.6. The van der Waals surface area contributed by atoms with E-state index < -0.39 is 6.10 Å². The van der Waals surface area contributed by atoms with Crippen LogP contribution < -0.4 is 10.9 Å². The lowest BCUT2D eigenvalue weighted by atomic mass is 10.2. The van der Waals surface area contributed by atoms with Gasteiger partial charge in [-0.3, -0.25) is 9.59 Å². The molecule has 0 saturated carbocycles. The number of pyridine rings is 1. The van der Waals surface area contributed by atoms with Crippen molar-refractivity contribution < 1.29 is 9.90 Å². The third-order valence-electron chi connectivity index (χ3n) is 3.84. The van der Waals surface area contributed by atoms with E-state index in [1.807, 2.05) is 41.1 Å². The average molecular weight is 325 g/mol. The van der Waals surface area contributed by atoms with Crippen LogP contribution >= 0.6 is 0 Å². The Morgan fingerprint density at radius 1 is 1.04 bits per heavy atom. The molecular formula is C18H19N3O3. The van der Waals surface area contributed by atoms with Crippen molar-refractivity contribution in [3.63, 3.8) is 0 Å². The molecule has 0 spiro atoms. The molecule has 2 aromatic heterocycles. The molecule has 24 heavy (non-hydrogen) atoms. The van der Waals surface area contributed by atoms with Gasteiger partial charge in [-0.2, -0.15) is 0 Å². The summed E-state index contributed by atoms with van der Waals surface area (Å²) in [4.78, 5) is 23.7. The van der Waals surface area contributed by atoms with Gasteiger partial charge in [0.15, 0.2) is 0 Å². The predicted octanol–water partition coefficient (Wildman–Crippen LogP) is 0.980. The number of amides is 1. The standard InChI is InChI=1S/C18H19N3O3/c22-15(12-21-9-4-3-7-18(21)24)11-19-17(23)13-20-10-8-14-5-1-2-6-16(14)20/h1-10,15,22H,11-13H2,(H,19,23). The lowest BCUT2D eigenvalue weighted by Crippen LogP contribution is -2.37. The summed E-state index contributed by atoms with van der Waals surface area (Å²) in [5.41, 5.74) is 0.811. The number of para-hydroxylation sites is 1. The molecule has 0 fully saturated rings. The Labute approximate surface area is 139 Å². The van der Waals surface area contributed by atoms with E-state index in [1.165, 1.54) is 10.6 Å². The minimum atomic E-state index is -0.824. The van der Waals surface area contributed by atoms with Gasteiger partial charge in [-0.25, -0.2) is 0 Å². The maximum absolute atomic E-state index is 12.1. The van der Waals surface area contributed by atoms with Gasteiger partial charge in [-0.1, -0.05) is 24.3 Å². The number of carbonyl (C=O) groups is 1. The van der Waals surface area contributed by atoms with Crippen molar-refractivity contribution in [2.24, 2.45) is 0 Å². The van der Waals surface area contributed by atoms with Gasteiger partial charge in [0.25, 0.3) is 5.56 Å². The van der Waals surface area contributed by atoms with Gasteiger partial charge in [-0.05, 0) is 23.6 Å². The van der Waals surface area contributed by atoms with Crippen LogP contribution in [0.15, 0.2) is 65.7 Å². The highest BCUT2D eigenvalue weighted by Crippen LogP contribution is 2.14. The maximum Gasteiger partial charge on any atom is 0.250 e. The molecule has 0 aliphatic heterocycles. The Morgan fingerprint density at radius 2 is 1.83 bits per heavy atom. The van der Waals surface area contributed by atoms with E-state index in [0.717, 1.165) is 10.9 Å². The zero-order valence-electron chi connectivity index (χ0n) is 13.1. The maximum atomic E-state index is 12.1. The second kappa shape index (κ2) is 7.14. The lowest BCUT2D eigenvalue weighted by molar-refractivity contribution is -0.122. The fraction of sp³-hybridized carbons (Fsp3) is 0.222. The molecule has 2 heterocycles. The van der Waals surface area contributed by atoms with Gasteiger partial charge >= 0.3 is 0 Å². The highest BCUT2D eigenvalue weighted by Gasteiger charge is 2.10. The molecule has 0 bridgehead atoms. The molecule has 6 nitrogen and oxygen atoms in total. The number of carbonyl (C=O) groups excluding carboxylic acids is 1. The Kier molecular flexibility index (Phi) is 4.77. The third kappa shape index (κ3) is 3.72. The van der Waals surface area contributed by atoms with Crippen molar-refractivity contribution in [1.82, 2.24) is 14.5 Å². The number of rotatable bonds is 6. The number of fused-ring (bicyclic) bond motifs is 1. The van der Waals surface area contributed by atoms with Crippen LogP contribution in [-0.2, 0) is 17.9 Å². The fourth-order valence-electron chi connectivity index (χ4n) is 2.62. The summed E-state index contributed by atoms with van der Waals surface area (Å²) in [7, 11) is 0. The average Bonchev–Trinajstić information content (AvgIpc) is 2.98. The zero-order chi connectivity index (χ0) is 16.9. The first kappa shape index (κ1) is 16.0. The van der Waals surface area contributed by atoms with E-state index >= 15 is 0 Å².